The lowest BCUT2D eigenvalue weighted by Gasteiger charge is -2.26. The van der Waals surface area contributed by atoms with Gasteiger partial charge in [0.2, 0.25) is 5.72 Å². The third-order valence-electron chi connectivity index (χ3n) is 1.49. The van der Waals surface area contributed by atoms with E-state index in [1.165, 1.54) is 0 Å². The van der Waals surface area contributed by atoms with E-state index in [0.29, 0.717) is 12.8 Å². The molecule has 0 bridgehead atoms. The number of hydrogen-bond acceptors (Lipinski definition) is 4. The van der Waals surface area contributed by atoms with Crippen molar-refractivity contribution in [3.63, 3.8) is 0 Å². The number of rotatable bonds is 6. The summed E-state index contributed by atoms with van der Waals surface area (Å²) in [5, 5.41) is 2.74. The Balaban J connectivity index is 4.45. The second kappa shape index (κ2) is 5.48. The fourth-order valence-corrected chi connectivity index (χ4v) is 0.821. The van der Waals surface area contributed by atoms with Crippen molar-refractivity contribution >= 4 is 12.3 Å². The smallest absolute Gasteiger partial charge is 0.332 e. The molecule has 0 saturated carbocycles. The number of hydrogen-bond donors (Lipinski definition) is 1. The van der Waals surface area contributed by atoms with Crippen LogP contribution in [0.25, 0.3) is 0 Å². The van der Waals surface area contributed by atoms with Crippen LogP contribution in [0.15, 0.2) is 12.7 Å². The summed E-state index contributed by atoms with van der Waals surface area (Å²) in [6, 6.07) is 0. The summed E-state index contributed by atoms with van der Waals surface area (Å²) in [6.07, 6.45) is 1.68. The van der Waals surface area contributed by atoms with E-state index < -0.39 is 11.7 Å². The third-order valence-corrected chi connectivity index (χ3v) is 1.49. The molecule has 0 aromatic carbocycles. The van der Waals surface area contributed by atoms with Crippen LogP contribution in [0.4, 0.5) is 0 Å². The van der Waals surface area contributed by atoms with Gasteiger partial charge < -0.3 is 4.74 Å². The molecule has 0 heterocycles. The lowest BCUT2D eigenvalue weighted by molar-refractivity contribution is -0.161. The predicted molar refractivity (Wildman–Crippen MR) is 48.7 cm³/mol. The van der Waals surface area contributed by atoms with Gasteiger partial charge >= 0.3 is 5.97 Å². The van der Waals surface area contributed by atoms with Gasteiger partial charge in [-0.1, -0.05) is 13.5 Å². The van der Waals surface area contributed by atoms with Crippen molar-refractivity contribution in [3.05, 3.63) is 19.6 Å². The molecule has 0 aromatic heterocycles. The Labute approximate surface area is 78.0 Å². The number of likely N-dealkylation sites (N-methyl/N-ethyl adjacent to an activating group) is 1. The Morgan fingerprint density at radius 1 is 1.69 bits per heavy atom. The normalized spacial score (nSPS) is 14.3. The maximum Gasteiger partial charge on any atom is 0.332 e. The molecule has 0 aromatic rings. The van der Waals surface area contributed by atoms with Gasteiger partial charge in [0.1, 0.15) is 0 Å². The summed E-state index contributed by atoms with van der Waals surface area (Å²) < 4.78 is 4.83. The molecular formula is C9H14NO3. The molecule has 13 heavy (non-hydrogen) atoms. The highest BCUT2D eigenvalue weighted by molar-refractivity contribution is 5.83. The van der Waals surface area contributed by atoms with E-state index in [1.807, 2.05) is 0 Å². The summed E-state index contributed by atoms with van der Waals surface area (Å²) in [7, 11) is 0. The van der Waals surface area contributed by atoms with Crippen LogP contribution in [0.3, 0.4) is 0 Å². The topological polar surface area (TPSA) is 55.4 Å². The Hall–Kier alpha value is -1.16. The second-order valence-corrected chi connectivity index (χ2v) is 2.41. The lowest BCUT2D eigenvalue weighted by atomic mass is 10.2. The molecule has 0 saturated heterocycles. The molecule has 0 rings (SSSR count). The van der Waals surface area contributed by atoms with E-state index in [4.69, 9.17) is 4.74 Å². The van der Waals surface area contributed by atoms with Gasteiger partial charge in [0.25, 0.3) is 0 Å². The monoisotopic (exact) mass is 184 g/mol. The zero-order chi connectivity index (χ0) is 10.3. The standard InChI is InChI=1S/C9H14NO3/c1-4-8(12)13-9(5-2,7-11)10-6-3/h4,7,10H,1-2,5-6H2,3H3. The van der Waals surface area contributed by atoms with Crippen molar-refractivity contribution in [2.75, 3.05) is 6.54 Å². The Morgan fingerprint density at radius 3 is 2.62 bits per heavy atom. The van der Waals surface area contributed by atoms with Gasteiger partial charge in [-0.25, -0.2) is 4.79 Å². The average Bonchev–Trinajstić information content (AvgIpc) is 2.17. The van der Waals surface area contributed by atoms with Gasteiger partial charge in [0.05, 0.1) is 0 Å². The first kappa shape index (κ1) is 11.8. The van der Waals surface area contributed by atoms with Crippen LogP contribution >= 0.6 is 0 Å². The molecule has 0 fully saturated rings. The molecule has 0 aliphatic carbocycles. The molecule has 1 N–H and O–H groups in total. The molecule has 1 unspecified atom stereocenters. The zero-order valence-electron chi connectivity index (χ0n) is 7.71. The van der Waals surface area contributed by atoms with Crippen LogP contribution in [-0.2, 0) is 14.3 Å². The quantitative estimate of drug-likeness (QED) is 0.282. The summed E-state index contributed by atoms with van der Waals surface area (Å²) >= 11 is 0. The lowest BCUT2D eigenvalue weighted by Crippen LogP contribution is -2.49. The molecule has 0 aliphatic rings. The summed E-state index contributed by atoms with van der Waals surface area (Å²) in [5.41, 5.74) is -1.31. The molecule has 73 valence electrons. The van der Waals surface area contributed by atoms with Crippen LogP contribution in [-0.4, -0.2) is 24.5 Å². The minimum atomic E-state index is -1.31. The minimum Gasteiger partial charge on any atom is -0.434 e. The summed E-state index contributed by atoms with van der Waals surface area (Å²) in [5.74, 6) is -0.642. The number of ether oxygens (including phenoxy) is 1. The van der Waals surface area contributed by atoms with E-state index in [-0.39, 0.29) is 6.42 Å². The maximum absolute atomic E-state index is 10.9. The van der Waals surface area contributed by atoms with Crippen molar-refractivity contribution < 1.29 is 14.3 Å². The van der Waals surface area contributed by atoms with Crippen LogP contribution in [0, 0.1) is 6.92 Å². The Bertz CT molecular complexity index is 203. The average molecular weight is 184 g/mol. The highest BCUT2D eigenvalue weighted by Crippen LogP contribution is 2.09. The Morgan fingerprint density at radius 2 is 2.31 bits per heavy atom. The zero-order valence-corrected chi connectivity index (χ0v) is 7.71. The second-order valence-electron chi connectivity index (χ2n) is 2.41. The number of carbonyl (C=O) groups excluding carboxylic acids is 2. The van der Waals surface area contributed by atoms with Gasteiger partial charge in [-0.15, -0.1) is 0 Å². The first-order chi connectivity index (χ1) is 6.14. The van der Waals surface area contributed by atoms with Crippen LogP contribution in [0.2, 0.25) is 0 Å². The highest BCUT2D eigenvalue weighted by Gasteiger charge is 2.30. The SMILES string of the molecule is [CH2]CC(C=O)(NCC)OC(=O)C=C. The predicted octanol–water partition coefficient (Wildman–Crippen LogP) is 0.444. The van der Waals surface area contributed by atoms with Gasteiger partial charge in [-0.05, 0) is 13.5 Å². The fraction of sp³-hybridized carbons (Fsp3) is 0.444. The number of carbonyl (C=O) groups is 2. The van der Waals surface area contributed by atoms with Crippen molar-refractivity contribution in [1.82, 2.24) is 5.32 Å². The molecule has 4 heteroatoms. The third kappa shape index (κ3) is 3.38. The molecule has 4 nitrogen and oxygen atoms in total. The first-order valence-corrected chi connectivity index (χ1v) is 4.00. The number of nitrogens with one attached hydrogen (secondary N) is 1. The van der Waals surface area contributed by atoms with Gasteiger partial charge in [0.15, 0.2) is 6.29 Å². The molecular weight excluding hydrogens is 170 g/mol. The van der Waals surface area contributed by atoms with Crippen molar-refractivity contribution in [2.24, 2.45) is 0 Å². The van der Waals surface area contributed by atoms with E-state index in [1.54, 1.807) is 6.92 Å². The molecule has 0 aliphatic heterocycles. The summed E-state index contributed by atoms with van der Waals surface area (Å²) in [6.45, 7) is 9.08. The van der Waals surface area contributed by atoms with E-state index >= 15 is 0 Å². The highest BCUT2D eigenvalue weighted by atomic mass is 16.6. The van der Waals surface area contributed by atoms with Gasteiger partial charge in [0, 0.05) is 12.5 Å². The van der Waals surface area contributed by atoms with Crippen LogP contribution in [0.5, 0.6) is 0 Å². The first-order valence-electron chi connectivity index (χ1n) is 4.00. The van der Waals surface area contributed by atoms with Crippen LogP contribution < -0.4 is 5.32 Å². The maximum atomic E-state index is 10.9. The fourth-order valence-electron chi connectivity index (χ4n) is 0.821. The molecule has 0 amide bonds. The molecule has 1 atom stereocenters. The van der Waals surface area contributed by atoms with Gasteiger partial charge in [-0.2, -0.15) is 0 Å². The van der Waals surface area contributed by atoms with Crippen molar-refractivity contribution in [2.45, 2.75) is 19.1 Å². The Kier molecular flexibility index (Phi) is 4.99. The largest absolute Gasteiger partial charge is 0.434 e. The molecule has 1 radical (unpaired) electrons. The summed E-state index contributed by atoms with van der Waals surface area (Å²) in [4.78, 5) is 21.5. The van der Waals surface area contributed by atoms with Crippen LogP contribution in [0.1, 0.15) is 13.3 Å². The molecule has 0 spiro atoms. The van der Waals surface area contributed by atoms with E-state index in [9.17, 15) is 9.59 Å². The minimum absolute atomic E-state index is 0.143. The van der Waals surface area contributed by atoms with Gasteiger partial charge in [-0.3, -0.25) is 10.1 Å². The van der Waals surface area contributed by atoms with Crippen molar-refractivity contribution in [3.8, 4) is 0 Å². The van der Waals surface area contributed by atoms with Crippen molar-refractivity contribution in [1.29, 1.82) is 0 Å². The number of esters is 1. The number of aldehydes is 1. The van der Waals surface area contributed by atoms with E-state index in [0.717, 1.165) is 6.08 Å². The van der Waals surface area contributed by atoms with E-state index in [2.05, 4.69) is 18.8 Å².